The van der Waals surface area contributed by atoms with Gasteiger partial charge in [-0.15, -0.1) is 0 Å². The molecule has 2 nitrogen and oxygen atoms in total. The standard InChI is InChI=1S/C12H16BBrO2S/c1-12(2,3)8-13-11(15)16-9-4-6-10(17-14)7-5-9/h4-7,13H,8H2,1-3H3. The smallest absolute Gasteiger partial charge is 0.261 e. The second-order valence-corrected chi connectivity index (χ2v) is 6.68. The maximum absolute atomic E-state index is 11.6. The fraction of sp³-hybridized carbons (Fsp3) is 0.417. The number of ether oxygens (including phenoxy) is 1. The maximum Gasteiger partial charge on any atom is 0.261 e. The fourth-order valence-corrected chi connectivity index (χ4v) is 2.11. The summed E-state index contributed by atoms with van der Waals surface area (Å²) in [6.07, 6.45) is 0.834. The highest BCUT2D eigenvalue weighted by Crippen LogP contribution is 2.26. The Morgan fingerprint density at radius 3 is 2.41 bits per heavy atom. The Hall–Kier alpha value is -0.415. The van der Waals surface area contributed by atoms with Crippen molar-refractivity contribution in [3.8, 4) is 5.75 Å². The lowest BCUT2D eigenvalue weighted by Gasteiger charge is -2.16. The van der Waals surface area contributed by atoms with Crippen LogP contribution >= 0.6 is 25.0 Å². The van der Waals surface area contributed by atoms with Crippen LogP contribution < -0.4 is 4.74 Å². The van der Waals surface area contributed by atoms with Crippen LogP contribution in [-0.4, -0.2) is 13.1 Å². The monoisotopic (exact) mass is 314 g/mol. The number of halogens is 1. The number of hydrogen-bond acceptors (Lipinski definition) is 3. The second kappa shape index (κ2) is 6.50. The first-order valence-electron chi connectivity index (χ1n) is 5.50. The zero-order chi connectivity index (χ0) is 12.9. The average molecular weight is 315 g/mol. The van der Waals surface area contributed by atoms with Gasteiger partial charge in [0.05, 0.1) is 0 Å². The topological polar surface area (TPSA) is 26.3 Å². The molecule has 0 amide bonds. The molecule has 0 atom stereocenters. The van der Waals surface area contributed by atoms with Crippen molar-refractivity contribution in [1.82, 2.24) is 0 Å². The largest absolute Gasteiger partial charge is 0.435 e. The van der Waals surface area contributed by atoms with Crippen molar-refractivity contribution in [2.75, 3.05) is 0 Å². The lowest BCUT2D eigenvalue weighted by molar-refractivity contribution is 0.224. The van der Waals surface area contributed by atoms with E-state index in [1.165, 1.54) is 10.2 Å². The number of hydrogen-bond donors (Lipinski definition) is 0. The summed E-state index contributed by atoms with van der Waals surface area (Å²) >= 11 is 3.29. The Morgan fingerprint density at radius 2 is 1.94 bits per heavy atom. The van der Waals surface area contributed by atoms with E-state index in [4.69, 9.17) is 4.74 Å². The normalized spacial score (nSPS) is 11.1. The lowest BCUT2D eigenvalue weighted by atomic mass is 9.65. The van der Waals surface area contributed by atoms with Gasteiger partial charge in [0.2, 0.25) is 0 Å². The number of carbonyl (C=O) groups is 1. The highest BCUT2D eigenvalue weighted by Gasteiger charge is 2.15. The lowest BCUT2D eigenvalue weighted by Crippen LogP contribution is -2.19. The van der Waals surface area contributed by atoms with Gasteiger partial charge >= 0.3 is 0 Å². The van der Waals surface area contributed by atoms with E-state index in [-0.39, 0.29) is 11.3 Å². The van der Waals surface area contributed by atoms with Crippen LogP contribution in [0.2, 0.25) is 6.32 Å². The number of rotatable bonds is 4. The highest BCUT2D eigenvalue weighted by atomic mass is 79.9. The molecular weight excluding hydrogens is 299 g/mol. The van der Waals surface area contributed by atoms with E-state index >= 15 is 0 Å². The Kier molecular flexibility index (Phi) is 5.60. The minimum atomic E-state index is -0.167. The van der Waals surface area contributed by atoms with Crippen LogP contribution in [0.3, 0.4) is 0 Å². The SMILES string of the molecule is CC(C)(C)CBC(=O)Oc1ccc(SBr)cc1. The second-order valence-electron chi connectivity index (χ2n) is 5.08. The predicted molar refractivity (Wildman–Crippen MR) is 78.7 cm³/mol. The molecular formula is C12H16BBrO2S. The summed E-state index contributed by atoms with van der Waals surface area (Å²) in [5.74, 6) is 0.438. The number of carbonyl (C=O) groups excluding carboxylic acids is 1. The van der Waals surface area contributed by atoms with Gasteiger partial charge in [-0.25, -0.2) is 0 Å². The van der Waals surface area contributed by atoms with E-state index in [9.17, 15) is 4.79 Å². The molecule has 0 aliphatic heterocycles. The van der Waals surface area contributed by atoms with E-state index in [0.29, 0.717) is 13.0 Å². The first kappa shape index (κ1) is 14.6. The molecule has 0 bridgehead atoms. The van der Waals surface area contributed by atoms with Crippen molar-refractivity contribution < 1.29 is 9.53 Å². The van der Waals surface area contributed by atoms with E-state index in [2.05, 4.69) is 35.6 Å². The van der Waals surface area contributed by atoms with Crippen LogP contribution in [0.15, 0.2) is 29.2 Å². The summed E-state index contributed by atoms with van der Waals surface area (Å²) < 4.78 is 5.25. The molecule has 0 unspecified atom stereocenters. The highest BCUT2D eigenvalue weighted by molar-refractivity contribution is 9.50. The van der Waals surface area contributed by atoms with E-state index in [1.54, 1.807) is 12.1 Å². The molecule has 1 aromatic rings. The first-order chi connectivity index (χ1) is 7.90. The van der Waals surface area contributed by atoms with Crippen molar-refractivity contribution in [3.05, 3.63) is 24.3 Å². The summed E-state index contributed by atoms with van der Waals surface area (Å²) in [4.78, 5) is 12.7. The molecule has 0 saturated heterocycles. The third-order valence-corrected chi connectivity index (χ3v) is 3.80. The third kappa shape index (κ3) is 6.17. The van der Waals surface area contributed by atoms with Crippen molar-refractivity contribution in [2.24, 2.45) is 5.41 Å². The molecule has 0 spiro atoms. The molecule has 0 heterocycles. The van der Waals surface area contributed by atoms with E-state index < -0.39 is 0 Å². The van der Waals surface area contributed by atoms with Gasteiger partial charge < -0.3 is 4.74 Å². The van der Waals surface area contributed by atoms with Crippen LogP contribution in [0.4, 0.5) is 4.79 Å². The molecule has 0 aliphatic rings. The Bertz CT molecular complexity index is 373. The van der Waals surface area contributed by atoms with Gasteiger partial charge in [0.25, 0.3) is 13.1 Å². The Balaban J connectivity index is 2.45. The van der Waals surface area contributed by atoms with Crippen LogP contribution in [0.1, 0.15) is 20.8 Å². The quantitative estimate of drug-likeness (QED) is 0.766. The molecule has 17 heavy (non-hydrogen) atoms. The Morgan fingerprint density at radius 1 is 1.35 bits per heavy atom. The molecule has 92 valence electrons. The van der Waals surface area contributed by atoms with Crippen molar-refractivity contribution in [3.63, 3.8) is 0 Å². The minimum absolute atomic E-state index is 0.162. The molecule has 1 rings (SSSR count). The molecule has 0 fully saturated rings. The summed E-state index contributed by atoms with van der Waals surface area (Å²) in [5, 5.41) is 0. The summed E-state index contributed by atoms with van der Waals surface area (Å²) in [5.41, 5.74) is 0.162. The molecule has 0 aromatic heterocycles. The Labute approximate surface area is 115 Å². The van der Waals surface area contributed by atoms with E-state index in [1.807, 2.05) is 12.1 Å². The van der Waals surface area contributed by atoms with Crippen molar-refractivity contribution in [2.45, 2.75) is 32.0 Å². The molecule has 1 aromatic carbocycles. The van der Waals surface area contributed by atoms with Crippen LogP contribution in [0.25, 0.3) is 0 Å². The maximum atomic E-state index is 11.6. The van der Waals surface area contributed by atoms with E-state index in [0.717, 1.165) is 11.2 Å². The van der Waals surface area contributed by atoms with Crippen LogP contribution in [-0.2, 0) is 0 Å². The predicted octanol–water partition coefficient (Wildman–Crippen LogP) is 4.49. The summed E-state index contributed by atoms with van der Waals surface area (Å²) in [6.45, 7) is 6.34. The molecule has 0 saturated carbocycles. The van der Waals surface area contributed by atoms with Gasteiger partial charge in [-0.05, 0) is 54.7 Å². The fourth-order valence-electron chi connectivity index (χ4n) is 1.22. The minimum Gasteiger partial charge on any atom is -0.435 e. The van der Waals surface area contributed by atoms with Crippen molar-refractivity contribution >= 4 is 38.2 Å². The van der Waals surface area contributed by atoms with Gasteiger partial charge in [-0.2, -0.15) is 0 Å². The van der Waals surface area contributed by atoms with Gasteiger partial charge in [0.15, 0.2) is 0 Å². The number of benzene rings is 1. The average Bonchev–Trinajstić information content (AvgIpc) is 2.27. The summed E-state index contributed by atoms with van der Waals surface area (Å²) in [6, 6.07) is 7.43. The zero-order valence-corrected chi connectivity index (χ0v) is 12.7. The zero-order valence-electron chi connectivity index (χ0n) is 10.3. The molecule has 5 heteroatoms. The van der Waals surface area contributed by atoms with Gasteiger partial charge in [0.1, 0.15) is 5.75 Å². The summed E-state index contributed by atoms with van der Waals surface area (Å²) in [7, 11) is 1.94. The third-order valence-electron chi connectivity index (χ3n) is 2.22. The molecule has 0 N–H and O–H groups in total. The van der Waals surface area contributed by atoms with Gasteiger partial charge in [-0.1, -0.05) is 27.1 Å². The first-order valence-corrected chi connectivity index (χ1v) is 8.16. The molecule has 0 radical (unpaired) electrons. The van der Waals surface area contributed by atoms with Gasteiger partial charge in [-0.3, -0.25) is 4.79 Å². The van der Waals surface area contributed by atoms with Crippen LogP contribution in [0, 0.1) is 5.41 Å². The van der Waals surface area contributed by atoms with Crippen molar-refractivity contribution in [1.29, 1.82) is 0 Å². The molecule has 0 aliphatic carbocycles. The van der Waals surface area contributed by atoms with Gasteiger partial charge in [0, 0.05) is 4.90 Å². The van der Waals surface area contributed by atoms with Crippen LogP contribution in [0.5, 0.6) is 5.75 Å².